The average Bonchev–Trinajstić information content (AvgIpc) is 3.23. The summed E-state index contributed by atoms with van der Waals surface area (Å²) in [6.45, 7) is 1.87. The first kappa shape index (κ1) is 38.9. The summed E-state index contributed by atoms with van der Waals surface area (Å²) in [7, 11) is 3.25. The minimum absolute atomic E-state index is 0.0705. The van der Waals surface area contributed by atoms with Crippen LogP contribution in [0.15, 0.2) is 84.9 Å². The molecular formula is C43H39F5N2O6. The van der Waals surface area contributed by atoms with Crippen LogP contribution in [0.25, 0.3) is 11.1 Å². The fraction of sp³-hybridized carbons (Fsp3) is 0.279. The van der Waals surface area contributed by atoms with E-state index < -0.39 is 46.8 Å². The van der Waals surface area contributed by atoms with Crippen molar-refractivity contribution in [1.82, 2.24) is 10.2 Å². The van der Waals surface area contributed by atoms with E-state index in [4.69, 9.17) is 18.9 Å². The summed E-state index contributed by atoms with van der Waals surface area (Å²) in [5.41, 5.74) is 5.37. The van der Waals surface area contributed by atoms with Gasteiger partial charge in [0.1, 0.15) is 5.56 Å². The molecule has 0 bridgehead atoms. The molecule has 2 aliphatic heterocycles. The molecule has 8 nitrogen and oxygen atoms in total. The van der Waals surface area contributed by atoms with Gasteiger partial charge in [0.15, 0.2) is 41.1 Å². The summed E-state index contributed by atoms with van der Waals surface area (Å²) < 4.78 is 93.7. The molecule has 0 saturated carbocycles. The van der Waals surface area contributed by atoms with Crippen LogP contribution in [0.2, 0.25) is 0 Å². The van der Waals surface area contributed by atoms with E-state index in [1.165, 1.54) is 11.1 Å². The van der Waals surface area contributed by atoms with E-state index in [0.717, 1.165) is 40.8 Å². The van der Waals surface area contributed by atoms with E-state index in [9.17, 15) is 31.9 Å². The predicted molar refractivity (Wildman–Crippen MR) is 196 cm³/mol. The number of halogens is 5. The zero-order valence-corrected chi connectivity index (χ0v) is 30.6. The molecule has 3 atom stereocenters. The number of fused-ring (bicyclic) bond motifs is 1. The predicted octanol–water partition coefficient (Wildman–Crippen LogP) is 8.09. The van der Waals surface area contributed by atoms with Crippen LogP contribution >= 0.6 is 0 Å². The van der Waals surface area contributed by atoms with Gasteiger partial charge in [0.05, 0.1) is 33.0 Å². The summed E-state index contributed by atoms with van der Waals surface area (Å²) in [5, 5.41) is 11.9. The van der Waals surface area contributed by atoms with Crippen molar-refractivity contribution in [3.63, 3.8) is 0 Å². The van der Waals surface area contributed by atoms with Crippen molar-refractivity contribution in [2.24, 2.45) is 0 Å². The summed E-state index contributed by atoms with van der Waals surface area (Å²) in [6, 6.07) is 26.3. The molecule has 3 unspecified atom stereocenters. The molecule has 1 amide bonds. The molecule has 5 aromatic rings. The maximum absolute atomic E-state index is 14.2. The average molecular weight is 775 g/mol. The van der Waals surface area contributed by atoms with E-state index in [1.807, 2.05) is 66.7 Å². The standard InChI is InChI=1S/C43H39F5N2O6/c1-53-34-17-29-13-14-50(21-31(29)18-35(34)54-2)22-32-19-33(26-11-9-24(23-51)10-12-26)56-43(55-32)30-8-4-7-28(16-30)27-6-3-5-25(15-27)20-49-42(52)36-37(44)39(46)41(48)40(47)38(36)45/h3-12,15-18,32-33,43,51H,13-14,19-23H2,1-2H3,(H,49,52). The van der Waals surface area contributed by atoms with Crippen LogP contribution in [0.4, 0.5) is 22.0 Å². The van der Waals surface area contributed by atoms with Gasteiger partial charge in [-0.05, 0) is 69.6 Å². The second-order valence-corrected chi connectivity index (χ2v) is 13.8. The zero-order chi connectivity index (χ0) is 39.5. The van der Waals surface area contributed by atoms with Crippen LogP contribution in [-0.2, 0) is 35.6 Å². The number of methoxy groups -OCH3 is 2. The van der Waals surface area contributed by atoms with Gasteiger partial charge in [0, 0.05) is 38.2 Å². The van der Waals surface area contributed by atoms with Crippen molar-refractivity contribution in [3.8, 4) is 22.6 Å². The second kappa shape index (κ2) is 16.8. The van der Waals surface area contributed by atoms with Crippen molar-refractivity contribution in [3.05, 3.63) is 153 Å². The van der Waals surface area contributed by atoms with E-state index in [0.29, 0.717) is 36.6 Å². The fourth-order valence-electron chi connectivity index (χ4n) is 7.22. The monoisotopic (exact) mass is 774 g/mol. The summed E-state index contributed by atoms with van der Waals surface area (Å²) in [6.07, 6.45) is 0.202. The fourth-order valence-corrected chi connectivity index (χ4v) is 7.22. The second-order valence-electron chi connectivity index (χ2n) is 13.8. The van der Waals surface area contributed by atoms with Gasteiger partial charge in [-0.3, -0.25) is 9.69 Å². The lowest BCUT2D eigenvalue weighted by Gasteiger charge is -2.39. The molecule has 2 aliphatic rings. The lowest BCUT2D eigenvalue weighted by molar-refractivity contribution is -0.253. The van der Waals surface area contributed by atoms with Gasteiger partial charge >= 0.3 is 0 Å². The molecule has 7 rings (SSSR count). The van der Waals surface area contributed by atoms with Gasteiger partial charge in [0.25, 0.3) is 5.91 Å². The van der Waals surface area contributed by atoms with E-state index in [2.05, 4.69) is 10.2 Å². The molecule has 56 heavy (non-hydrogen) atoms. The highest BCUT2D eigenvalue weighted by Gasteiger charge is 2.34. The number of nitrogens with one attached hydrogen (secondary N) is 1. The van der Waals surface area contributed by atoms with Crippen LogP contribution in [0.3, 0.4) is 0 Å². The molecule has 292 valence electrons. The van der Waals surface area contributed by atoms with Gasteiger partial charge in [0.2, 0.25) is 5.82 Å². The highest BCUT2D eigenvalue weighted by atomic mass is 19.2. The van der Waals surface area contributed by atoms with Gasteiger partial charge in [-0.15, -0.1) is 0 Å². The highest BCUT2D eigenvalue weighted by Crippen LogP contribution is 2.40. The number of benzene rings is 5. The number of ether oxygens (including phenoxy) is 4. The summed E-state index contributed by atoms with van der Waals surface area (Å²) in [4.78, 5) is 14.9. The molecule has 0 aromatic heterocycles. The Morgan fingerprint density at radius 3 is 2.09 bits per heavy atom. The molecule has 5 aromatic carbocycles. The Hall–Kier alpha value is -5.34. The minimum Gasteiger partial charge on any atom is -0.493 e. The Bertz CT molecular complexity index is 2210. The van der Waals surface area contributed by atoms with Crippen LogP contribution in [-0.4, -0.2) is 49.3 Å². The van der Waals surface area contributed by atoms with Crippen molar-refractivity contribution in [2.45, 2.75) is 51.0 Å². The zero-order valence-electron chi connectivity index (χ0n) is 30.6. The Morgan fingerprint density at radius 2 is 1.41 bits per heavy atom. The van der Waals surface area contributed by atoms with Gasteiger partial charge < -0.3 is 29.4 Å². The number of carbonyl (C=O) groups excluding carboxylic acids is 1. The van der Waals surface area contributed by atoms with Crippen molar-refractivity contribution in [2.75, 3.05) is 27.3 Å². The first-order chi connectivity index (χ1) is 27.1. The van der Waals surface area contributed by atoms with Crippen molar-refractivity contribution < 1.29 is 50.8 Å². The number of amides is 1. The third-order valence-corrected chi connectivity index (χ3v) is 10.2. The first-order valence-electron chi connectivity index (χ1n) is 18.0. The molecule has 13 heteroatoms. The lowest BCUT2D eigenvalue weighted by atomic mass is 9.96. The SMILES string of the molecule is COc1cc2c(cc1OC)CN(CC1CC(c3ccc(CO)cc3)OC(c3cccc(-c4cccc(CNC(=O)c5c(F)c(F)c(F)c(F)c5F)c4)c3)O1)CC2. The van der Waals surface area contributed by atoms with Gasteiger partial charge in [-0.2, -0.15) is 0 Å². The van der Waals surface area contributed by atoms with Crippen LogP contribution < -0.4 is 14.8 Å². The maximum Gasteiger partial charge on any atom is 0.257 e. The number of carbonyl (C=O) groups is 1. The van der Waals surface area contributed by atoms with Crippen LogP contribution in [0, 0.1) is 29.1 Å². The van der Waals surface area contributed by atoms with Crippen LogP contribution in [0.1, 0.15) is 62.6 Å². The molecule has 2 N–H and O–H groups in total. The minimum atomic E-state index is -2.34. The number of rotatable bonds is 11. The van der Waals surface area contributed by atoms with E-state index in [-0.39, 0.29) is 25.4 Å². The number of nitrogens with zero attached hydrogens (tertiary/aromatic N) is 1. The summed E-state index contributed by atoms with van der Waals surface area (Å²) in [5.74, 6) is -11.2. The topological polar surface area (TPSA) is 89.5 Å². The highest BCUT2D eigenvalue weighted by molar-refractivity contribution is 5.94. The van der Waals surface area contributed by atoms with Gasteiger partial charge in [-0.25, -0.2) is 22.0 Å². The Morgan fingerprint density at radius 1 is 0.768 bits per heavy atom. The molecule has 0 aliphatic carbocycles. The quantitative estimate of drug-likeness (QED) is 0.0797. The molecule has 1 saturated heterocycles. The Balaban J connectivity index is 1.10. The van der Waals surface area contributed by atoms with E-state index >= 15 is 0 Å². The first-order valence-corrected chi connectivity index (χ1v) is 18.0. The molecule has 0 spiro atoms. The van der Waals surface area contributed by atoms with Crippen molar-refractivity contribution in [1.29, 1.82) is 0 Å². The third-order valence-electron chi connectivity index (χ3n) is 10.2. The van der Waals surface area contributed by atoms with E-state index in [1.54, 1.807) is 32.4 Å². The normalized spacial score (nSPS) is 18.3. The van der Waals surface area contributed by atoms with Gasteiger partial charge in [-0.1, -0.05) is 60.7 Å². The molecule has 2 heterocycles. The van der Waals surface area contributed by atoms with Crippen LogP contribution in [0.5, 0.6) is 11.5 Å². The summed E-state index contributed by atoms with van der Waals surface area (Å²) >= 11 is 0. The molecule has 1 fully saturated rings. The number of aliphatic hydroxyl groups is 1. The lowest BCUT2D eigenvalue weighted by Crippen LogP contribution is -2.41. The maximum atomic E-state index is 14.2. The third kappa shape index (κ3) is 8.12. The Kier molecular flexibility index (Phi) is 11.7. The smallest absolute Gasteiger partial charge is 0.257 e. The largest absolute Gasteiger partial charge is 0.493 e. The number of hydrogen-bond acceptors (Lipinski definition) is 7. The molecular weight excluding hydrogens is 735 g/mol. The molecule has 0 radical (unpaired) electrons. The number of aliphatic hydroxyl groups excluding tert-OH is 1. The number of hydrogen-bond donors (Lipinski definition) is 2. The van der Waals surface area contributed by atoms with Crippen molar-refractivity contribution >= 4 is 5.91 Å². The Labute approximate surface area is 320 Å².